The van der Waals surface area contributed by atoms with E-state index in [0.717, 1.165) is 5.56 Å². The predicted octanol–water partition coefficient (Wildman–Crippen LogP) is 4.77. The van der Waals surface area contributed by atoms with Crippen LogP contribution in [0.3, 0.4) is 0 Å². The molecule has 2 heterocycles. The second-order valence-electron chi connectivity index (χ2n) is 7.57. The first-order valence-electron chi connectivity index (χ1n) is 10.7. The lowest BCUT2D eigenvalue weighted by molar-refractivity contribution is -0.122. The molecule has 1 N–H and O–H groups in total. The predicted molar refractivity (Wildman–Crippen MR) is 137 cm³/mol. The molecule has 5 rings (SSSR count). The standard InChI is InChI=1S/C27H18N4O3S/c32-25-23(15-18-16-28-24(29-17-18)19-7-3-1-4-8-19)26(33)31(27(35)30-25)20-11-13-22(14-12-20)34-21-9-5-2-6-10-21/h1-17H,(H,30,32,35). The first-order valence-corrected chi connectivity index (χ1v) is 11.1. The van der Waals surface area contributed by atoms with Crippen LogP contribution in [0.2, 0.25) is 0 Å². The van der Waals surface area contributed by atoms with E-state index >= 15 is 0 Å². The molecule has 0 spiro atoms. The molecule has 1 saturated heterocycles. The summed E-state index contributed by atoms with van der Waals surface area (Å²) in [4.78, 5) is 35.8. The minimum Gasteiger partial charge on any atom is -0.457 e. The minimum atomic E-state index is -0.576. The number of para-hydroxylation sites is 1. The van der Waals surface area contributed by atoms with Crippen molar-refractivity contribution in [2.24, 2.45) is 0 Å². The Morgan fingerprint density at radius 3 is 2.06 bits per heavy atom. The van der Waals surface area contributed by atoms with Crippen molar-refractivity contribution >= 4 is 40.9 Å². The van der Waals surface area contributed by atoms with E-state index in [0.29, 0.717) is 28.6 Å². The van der Waals surface area contributed by atoms with Crippen molar-refractivity contribution in [3.05, 3.63) is 108 Å². The molecule has 3 aromatic carbocycles. The molecule has 7 nitrogen and oxygen atoms in total. The van der Waals surface area contributed by atoms with E-state index in [4.69, 9.17) is 17.0 Å². The molecule has 8 heteroatoms. The van der Waals surface area contributed by atoms with Crippen LogP contribution in [0.25, 0.3) is 17.5 Å². The lowest BCUT2D eigenvalue weighted by Gasteiger charge is -2.29. The van der Waals surface area contributed by atoms with Gasteiger partial charge in [0.05, 0.1) is 5.69 Å². The molecular weight excluding hydrogens is 460 g/mol. The number of carbonyl (C=O) groups excluding carboxylic acids is 2. The Kier molecular flexibility index (Phi) is 6.11. The van der Waals surface area contributed by atoms with Crippen LogP contribution in [0.1, 0.15) is 5.56 Å². The molecule has 0 saturated carbocycles. The molecule has 1 fully saturated rings. The summed E-state index contributed by atoms with van der Waals surface area (Å²) in [5.41, 5.74) is 1.82. The maximum atomic E-state index is 13.3. The minimum absolute atomic E-state index is 0.00422. The van der Waals surface area contributed by atoms with Gasteiger partial charge in [-0.05, 0) is 54.7 Å². The Bertz CT molecular complexity index is 1420. The summed E-state index contributed by atoms with van der Waals surface area (Å²) < 4.78 is 5.80. The maximum absolute atomic E-state index is 13.3. The zero-order valence-electron chi connectivity index (χ0n) is 18.3. The first-order chi connectivity index (χ1) is 17.1. The number of hydrogen-bond acceptors (Lipinski definition) is 6. The van der Waals surface area contributed by atoms with Crippen molar-refractivity contribution in [3.8, 4) is 22.9 Å². The lowest BCUT2D eigenvalue weighted by Crippen LogP contribution is -2.54. The molecule has 0 unspecified atom stereocenters. The van der Waals surface area contributed by atoms with Crippen LogP contribution >= 0.6 is 12.2 Å². The quantitative estimate of drug-likeness (QED) is 0.253. The van der Waals surface area contributed by atoms with Crippen molar-refractivity contribution < 1.29 is 14.3 Å². The second kappa shape index (κ2) is 9.66. The van der Waals surface area contributed by atoms with Gasteiger partial charge in [-0.3, -0.25) is 19.8 Å². The summed E-state index contributed by atoms with van der Waals surface area (Å²) in [6, 6.07) is 25.7. The second-order valence-corrected chi connectivity index (χ2v) is 7.96. The van der Waals surface area contributed by atoms with Crippen LogP contribution in [0.15, 0.2) is 103 Å². The van der Waals surface area contributed by atoms with Crippen LogP contribution in [-0.2, 0) is 9.59 Å². The molecule has 0 atom stereocenters. The fraction of sp³-hybridized carbons (Fsp3) is 0. The van der Waals surface area contributed by atoms with Gasteiger partial charge in [-0.25, -0.2) is 9.97 Å². The van der Waals surface area contributed by atoms with Gasteiger partial charge >= 0.3 is 0 Å². The Balaban J connectivity index is 1.38. The van der Waals surface area contributed by atoms with Gasteiger partial charge in [0, 0.05) is 23.5 Å². The van der Waals surface area contributed by atoms with Crippen LogP contribution < -0.4 is 15.0 Å². The highest BCUT2D eigenvalue weighted by Gasteiger charge is 2.34. The van der Waals surface area contributed by atoms with Gasteiger partial charge in [-0.2, -0.15) is 0 Å². The monoisotopic (exact) mass is 478 g/mol. The average molecular weight is 479 g/mol. The number of thiocarbonyl (C=S) groups is 1. The number of nitrogens with one attached hydrogen (secondary N) is 1. The van der Waals surface area contributed by atoms with Crippen LogP contribution in [0.5, 0.6) is 11.5 Å². The molecule has 0 aliphatic carbocycles. The summed E-state index contributed by atoms with van der Waals surface area (Å²) in [7, 11) is 0. The van der Waals surface area contributed by atoms with Gasteiger partial charge in [0.2, 0.25) is 0 Å². The molecular formula is C27H18N4O3S. The van der Waals surface area contributed by atoms with Gasteiger partial charge in [0.15, 0.2) is 10.9 Å². The van der Waals surface area contributed by atoms with Crippen molar-refractivity contribution in [2.75, 3.05) is 4.90 Å². The number of nitrogens with zero attached hydrogens (tertiary/aromatic N) is 3. The molecule has 4 aromatic rings. The summed E-state index contributed by atoms with van der Waals surface area (Å²) in [6.07, 6.45) is 4.58. The fourth-order valence-corrected chi connectivity index (χ4v) is 3.78. The SMILES string of the molecule is O=C1NC(=S)N(c2ccc(Oc3ccccc3)cc2)C(=O)C1=Cc1cnc(-c2ccccc2)nc1. The topological polar surface area (TPSA) is 84.4 Å². The molecule has 1 aromatic heterocycles. The highest BCUT2D eigenvalue weighted by atomic mass is 32.1. The van der Waals surface area contributed by atoms with Crippen LogP contribution in [0.4, 0.5) is 5.69 Å². The highest BCUT2D eigenvalue weighted by Crippen LogP contribution is 2.27. The zero-order chi connectivity index (χ0) is 24.2. The number of aromatic nitrogens is 2. The van der Waals surface area contributed by atoms with Gasteiger partial charge in [0.1, 0.15) is 17.1 Å². The van der Waals surface area contributed by atoms with E-state index < -0.39 is 11.8 Å². The van der Waals surface area contributed by atoms with Crippen LogP contribution in [-0.4, -0.2) is 26.9 Å². The number of benzene rings is 3. The zero-order valence-corrected chi connectivity index (χ0v) is 19.1. The lowest BCUT2D eigenvalue weighted by atomic mass is 10.1. The fourth-order valence-electron chi connectivity index (χ4n) is 3.50. The third-order valence-corrected chi connectivity index (χ3v) is 5.47. The molecule has 1 aliphatic heterocycles. The normalized spacial score (nSPS) is 14.7. The molecule has 0 radical (unpaired) electrons. The van der Waals surface area contributed by atoms with Gasteiger partial charge in [-0.15, -0.1) is 0 Å². The smallest absolute Gasteiger partial charge is 0.270 e. The summed E-state index contributed by atoms with van der Waals surface area (Å²) in [6.45, 7) is 0. The molecule has 2 amide bonds. The number of ether oxygens (including phenoxy) is 1. The third-order valence-electron chi connectivity index (χ3n) is 5.19. The summed E-state index contributed by atoms with van der Waals surface area (Å²) >= 11 is 5.28. The number of hydrogen-bond donors (Lipinski definition) is 1. The number of amides is 2. The first kappa shape index (κ1) is 22.1. The van der Waals surface area contributed by atoms with Crippen molar-refractivity contribution in [1.29, 1.82) is 0 Å². The average Bonchev–Trinajstić information content (AvgIpc) is 2.89. The van der Waals surface area contributed by atoms with E-state index in [1.54, 1.807) is 36.7 Å². The maximum Gasteiger partial charge on any atom is 0.270 e. The molecule has 0 bridgehead atoms. The molecule has 170 valence electrons. The van der Waals surface area contributed by atoms with E-state index in [1.165, 1.54) is 11.0 Å². The van der Waals surface area contributed by atoms with Gasteiger partial charge in [-0.1, -0.05) is 48.5 Å². The van der Waals surface area contributed by atoms with E-state index in [2.05, 4.69) is 15.3 Å². The largest absolute Gasteiger partial charge is 0.457 e. The Labute approximate surface area is 206 Å². The Hall–Kier alpha value is -4.69. The Morgan fingerprint density at radius 2 is 1.40 bits per heavy atom. The van der Waals surface area contributed by atoms with E-state index in [9.17, 15) is 9.59 Å². The van der Waals surface area contributed by atoms with E-state index in [1.807, 2.05) is 60.7 Å². The van der Waals surface area contributed by atoms with Crippen molar-refractivity contribution in [2.45, 2.75) is 0 Å². The molecule has 35 heavy (non-hydrogen) atoms. The van der Waals surface area contributed by atoms with Crippen molar-refractivity contribution in [3.63, 3.8) is 0 Å². The highest BCUT2D eigenvalue weighted by molar-refractivity contribution is 7.80. The van der Waals surface area contributed by atoms with Gasteiger partial charge in [0.25, 0.3) is 11.8 Å². The van der Waals surface area contributed by atoms with Gasteiger partial charge < -0.3 is 4.74 Å². The third kappa shape index (κ3) is 4.83. The Morgan fingerprint density at radius 1 is 0.800 bits per heavy atom. The summed E-state index contributed by atoms with van der Waals surface area (Å²) in [5, 5.41) is 2.58. The number of anilines is 1. The summed E-state index contributed by atoms with van der Waals surface area (Å²) in [5.74, 6) is 0.733. The van der Waals surface area contributed by atoms with Crippen molar-refractivity contribution in [1.82, 2.24) is 15.3 Å². The number of carbonyl (C=O) groups is 2. The molecule has 1 aliphatic rings. The number of rotatable bonds is 5. The van der Waals surface area contributed by atoms with Crippen LogP contribution in [0, 0.1) is 0 Å². The van der Waals surface area contributed by atoms with E-state index in [-0.39, 0.29) is 10.7 Å².